The summed E-state index contributed by atoms with van der Waals surface area (Å²) in [6, 6.07) is 6.32. The number of hydrogen-bond donors (Lipinski definition) is 1. The van der Waals surface area contributed by atoms with Gasteiger partial charge in [0.15, 0.2) is 11.5 Å². The van der Waals surface area contributed by atoms with E-state index < -0.39 is 5.97 Å². The van der Waals surface area contributed by atoms with Crippen LogP contribution in [0.4, 0.5) is 0 Å². The Hall–Kier alpha value is -1.97. The Morgan fingerprint density at radius 3 is 2.64 bits per heavy atom. The van der Waals surface area contributed by atoms with Crippen molar-refractivity contribution in [2.24, 2.45) is 11.8 Å². The normalized spacial score (nSPS) is 28.7. The van der Waals surface area contributed by atoms with Crippen molar-refractivity contribution < 1.29 is 19.4 Å². The number of fused-ring (bicyclic) bond motifs is 1. The number of rotatable bonds is 5. The van der Waals surface area contributed by atoms with Gasteiger partial charge >= 0.3 is 5.97 Å². The van der Waals surface area contributed by atoms with E-state index in [0.29, 0.717) is 29.4 Å². The lowest BCUT2D eigenvalue weighted by Gasteiger charge is -2.19. The van der Waals surface area contributed by atoms with Crippen molar-refractivity contribution in [3.05, 3.63) is 35.4 Å². The smallest absolute Gasteiger partial charge is 0.331 e. The van der Waals surface area contributed by atoms with Crippen molar-refractivity contribution in [1.29, 1.82) is 0 Å². The molecule has 0 unspecified atom stereocenters. The van der Waals surface area contributed by atoms with Crippen LogP contribution in [-0.4, -0.2) is 24.3 Å². The molecule has 0 spiro atoms. The number of aliphatic carboxylic acids is 1. The van der Waals surface area contributed by atoms with Crippen molar-refractivity contribution in [3.8, 4) is 11.5 Å². The summed E-state index contributed by atoms with van der Waals surface area (Å²) in [5.74, 6) is 2.31. The van der Waals surface area contributed by atoms with Crippen molar-refractivity contribution in [2.75, 3.05) is 7.11 Å². The third-order valence-corrected chi connectivity index (χ3v) is 6.18. The Balaban J connectivity index is 1.50. The van der Waals surface area contributed by atoms with E-state index >= 15 is 0 Å². The summed E-state index contributed by atoms with van der Waals surface area (Å²) in [4.78, 5) is 11.2. The maximum absolute atomic E-state index is 11.2. The fraction of sp³-hybridized carbons (Fsp3) is 0.571. The molecule has 134 valence electrons. The van der Waals surface area contributed by atoms with Gasteiger partial charge in [-0.25, -0.2) is 4.79 Å². The van der Waals surface area contributed by atoms with E-state index in [-0.39, 0.29) is 0 Å². The maximum Gasteiger partial charge on any atom is 0.331 e. The van der Waals surface area contributed by atoms with Crippen LogP contribution >= 0.6 is 0 Å². The predicted molar refractivity (Wildman–Crippen MR) is 95.2 cm³/mol. The Bertz CT molecular complexity index is 687. The molecule has 1 aromatic carbocycles. The molecule has 4 nitrogen and oxygen atoms in total. The lowest BCUT2D eigenvalue weighted by atomic mass is 9.94. The number of carboxylic acids is 1. The molecule has 0 aliphatic heterocycles. The number of benzene rings is 1. The molecule has 0 radical (unpaired) electrons. The van der Waals surface area contributed by atoms with Crippen LogP contribution in [0.2, 0.25) is 0 Å². The molecule has 0 amide bonds. The molecule has 1 aromatic rings. The van der Waals surface area contributed by atoms with Crippen LogP contribution in [0, 0.1) is 11.8 Å². The number of allylic oxidation sites excluding steroid dienone is 1. The van der Waals surface area contributed by atoms with E-state index in [2.05, 4.69) is 12.1 Å². The predicted octanol–water partition coefficient (Wildman–Crippen LogP) is 4.54. The van der Waals surface area contributed by atoms with E-state index in [1.54, 1.807) is 7.11 Å². The summed E-state index contributed by atoms with van der Waals surface area (Å²) in [5.41, 5.74) is 1.90. The first-order chi connectivity index (χ1) is 12.1. The van der Waals surface area contributed by atoms with Crippen LogP contribution in [0.5, 0.6) is 11.5 Å². The number of hydrogen-bond acceptors (Lipinski definition) is 3. The second kappa shape index (κ2) is 6.74. The molecule has 3 aliphatic carbocycles. The first kappa shape index (κ1) is 16.5. The van der Waals surface area contributed by atoms with Crippen LogP contribution in [0.3, 0.4) is 0 Å². The zero-order valence-electron chi connectivity index (χ0n) is 14.7. The highest BCUT2D eigenvalue weighted by molar-refractivity contribution is 5.87. The van der Waals surface area contributed by atoms with Crippen molar-refractivity contribution in [1.82, 2.24) is 0 Å². The number of methoxy groups -OCH3 is 1. The SMILES string of the molecule is COc1ccc([C@@H]2C[C@@H]3CC(C(=O)O)=C[C@@H]3C2)cc1OC1CCCC1. The van der Waals surface area contributed by atoms with Crippen molar-refractivity contribution >= 4 is 5.97 Å². The molecule has 0 heterocycles. The van der Waals surface area contributed by atoms with Gasteiger partial charge in [-0.05, 0) is 80.4 Å². The fourth-order valence-electron chi connectivity index (χ4n) is 4.86. The molecule has 0 bridgehead atoms. The summed E-state index contributed by atoms with van der Waals surface area (Å²) in [5, 5.41) is 9.18. The first-order valence-electron chi connectivity index (χ1n) is 9.42. The monoisotopic (exact) mass is 342 g/mol. The molecular weight excluding hydrogens is 316 g/mol. The highest BCUT2D eigenvalue weighted by atomic mass is 16.5. The van der Waals surface area contributed by atoms with Crippen LogP contribution in [-0.2, 0) is 4.79 Å². The second-order valence-corrected chi connectivity index (χ2v) is 7.73. The van der Waals surface area contributed by atoms with Gasteiger partial charge in [0.1, 0.15) is 0 Å². The molecule has 0 saturated heterocycles. The van der Waals surface area contributed by atoms with Crippen LogP contribution in [0.15, 0.2) is 29.8 Å². The minimum Gasteiger partial charge on any atom is -0.493 e. The molecule has 25 heavy (non-hydrogen) atoms. The minimum absolute atomic E-state index is 0.313. The van der Waals surface area contributed by atoms with E-state index in [9.17, 15) is 9.90 Å². The molecule has 2 fully saturated rings. The summed E-state index contributed by atoms with van der Waals surface area (Å²) < 4.78 is 11.7. The van der Waals surface area contributed by atoms with E-state index in [4.69, 9.17) is 9.47 Å². The quantitative estimate of drug-likeness (QED) is 0.853. The number of carbonyl (C=O) groups is 1. The van der Waals surface area contributed by atoms with E-state index in [0.717, 1.165) is 43.6 Å². The fourth-order valence-corrected chi connectivity index (χ4v) is 4.86. The highest BCUT2D eigenvalue weighted by Gasteiger charge is 2.39. The molecule has 2 saturated carbocycles. The lowest BCUT2D eigenvalue weighted by Crippen LogP contribution is -2.12. The standard InChI is InChI=1S/C21H26O4/c1-24-19-7-6-13(12-20(19)25-18-4-2-3-5-18)14-8-15-10-17(21(22)23)11-16(15)9-14/h6-7,10,12,14-16,18H,2-5,8-9,11H2,1H3,(H,22,23)/t14-,15-,16+/m0/s1. The van der Waals surface area contributed by atoms with Gasteiger partial charge in [0, 0.05) is 5.57 Å². The van der Waals surface area contributed by atoms with Gasteiger partial charge in [-0.15, -0.1) is 0 Å². The summed E-state index contributed by atoms with van der Waals surface area (Å²) in [7, 11) is 1.69. The molecule has 3 atom stereocenters. The van der Waals surface area contributed by atoms with E-state index in [1.807, 2.05) is 12.1 Å². The topological polar surface area (TPSA) is 55.8 Å². The summed E-state index contributed by atoms with van der Waals surface area (Å²) in [6.45, 7) is 0. The first-order valence-corrected chi connectivity index (χ1v) is 9.42. The zero-order valence-corrected chi connectivity index (χ0v) is 14.7. The average Bonchev–Trinajstić information content (AvgIpc) is 3.30. The Labute approximate surface area is 148 Å². The minimum atomic E-state index is -0.748. The van der Waals surface area contributed by atoms with E-state index in [1.165, 1.54) is 18.4 Å². The third-order valence-electron chi connectivity index (χ3n) is 6.18. The zero-order chi connectivity index (χ0) is 17.4. The van der Waals surface area contributed by atoms with Gasteiger partial charge in [0.05, 0.1) is 13.2 Å². The van der Waals surface area contributed by atoms with Crippen LogP contribution in [0.1, 0.15) is 56.4 Å². The molecule has 4 heteroatoms. The lowest BCUT2D eigenvalue weighted by molar-refractivity contribution is -0.132. The summed E-state index contributed by atoms with van der Waals surface area (Å²) in [6.07, 6.45) is 9.88. The Morgan fingerprint density at radius 1 is 1.16 bits per heavy atom. The van der Waals surface area contributed by atoms with Crippen molar-refractivity contribution in [3.63, 3.8) is 0 Å². The molecular formula is C21H26O4. The van der Waals surface area contributed by atoms with Gasteiger partial charge in [0.25, 0.3) is 0 Å². The molecule has 4 rings (SSSR count). The van der Waals surface area contributed by atoms with Crippen LogP contribution < -0.4 is 9.47 Å². The third kappa shape index (κ3) is 3.26. The van der Waals surface area contributed by atoms with Crippen molar-refractivity contribution in [2.45, 2.75) is 57.0 Å². The molecule has 1 N–H and O–H groups in total. The maximum atomic E-state index is 11.2. The van der Waals surface area contributed by atoms with Gasteiger partial charge in [-0.1, -0.05) is 12.1 Å². The molecule has 0 aromatic heterocycles. The second-order valence-electron chi connectivity index (χ2n) is 7.73. The van der Waals surface area contributed by atoms with Gasteiger partial charge < -0.3 is 14.6 Å². The Morgan fingerprint density at radius 2 is 1.96 bits per heavy atom. The highest BCUT2D eigenvalue weighted by Crippen LogP contribution is 2.50. The number of carboxylic acid groups (broad SMARTS) is 1. The van der Waals surface area contributed by atoms with Gasteiger partial charge in [-0.2, -0.15) is 0 Å². The molecule has 3 aliphatic rings. The largest absolute Gasteiger partial charge is 0.493 e. The van der Waals surface area contributed by atoms with Crippen LogP contribution in [0.25, 0.3) is 0 Å². The van der Waals surface area contributed by atoms with Gasteiger partial charge in [-0.3, -0.25) is 0 Å². The summed E-state index contributed by atoms with van der Waals surface area (Å²) >= 11 is 0. The Kier molecular flexibility index (Phi) is 4.45. The average molecular weight is 342 g/mol. The van der Waals surface area contributed by atoms with Gasteiger partial charge in [0.2, 0.25) is 0 Å². The number of ether oxygens (including phenoxy) is 2.